The number of fused-ring (bicyclic) bond motifs is 1. The second-order valence-corrected chi connectivity index (χ2v) is 6.60. The maximum absolute atomic E-state index is 12.5. The average molecular weight is 356 g/mol. The zero-order chi connectivity index (χ0) is 18.6. The number of hydrogen-bond donors (Lipinski definition) is 1. The largest absolute Gasteiger partial charge is 0.355 e. The fraction of sp³-hybridized carbons (Fsp3) is 0.130. The van der Waals surface area contributed by atoms with E-state index in [0.29, 0.717) is 17.9 Å². The highest BCUT2D eigenvalue weighted by atomic mass is 16.5. The molecule has 0 saturated carbocycles. The van der Waals surface area contributed by atoms with E-state index in [4.69, 9.17) is 4.52 Å². The van der Waals surface area contributed by atoms with Crippen LogP contribution < -0.4 is 5.32 Å². The molecule has 1 N–H and O–H groups in total. The van der Waals surface area contributed by atoms with Crippen LogP contribution in [0, 0.1) is 6.92 Å². The van der Waals surface area contributed by atoms with Crippen LogP contribution in [0.5, 0.6) is 0 Å². The normalized spacial score (nSPS) is 10.9. The van der Waals surface area contributed by atoms with Gasteiger partial charge < -0.3 is 9.84 Å². The monoisotopic (exact) mass is 356 g/mol. The van der Waals surface area contributed by atoms with Gasteiger partial charge in [-0.1, -0.05) is 65.3 Å². The van der Waals surface area contributed by atoms with Crippen molar-refractivity contribution >= 4 is 16.8 Å². The Bertz CT molecular complexity index is 1070. The maximum atomic E-state index is 12.5. The Labute approximate surface area is 157 Å². The maximum Gasteiger partial charge on any atom is 0.251 e. The number of benzene rings is 3. The van der Waals surface area contributed by atoms with Crippen LogP contribution in [0.2, 0.25) is 0 Å². The lowest BCUT2D eigenvalue weighted by Crippen LogP contribution is -2.25. The van der Waals surface area contributed by atoms with E-state index in [1.807, 2.05) is 42.5 Å². The van der Waals surface area contributed by atoms with E-state index in [9.17, 15) is 4.79 Å². The smallest absolute Gasteiger partial charge is 0.251 e. The molecule has 0 atom stereocenters. The minimum atomic E-state index is -0.0933. The lowest BCUT2D eigenvalue weighted by atomic mass is 10.1. The minimum absolute atomic E-state index is 0.0933. The quantitative estimate of drug-likeness (QED) is 0.560. The van der Waals surface area contributed by atoms with E-state index in [1.165, 1.54) is 11.1 Å². The van der Waals surface area contributed by atoms with E-state index < -0.39 is 0 Å². The SMILES string of the molecule is Cc1ccc(CCNC(=O)c2ccc3noc(-c4ccccc4)c3c2)cc1. The molecule has 3 aromatic carbocycles. The lowest BCUT2D eigenvalue weighted by Gasteiger charge is -2.06. The molecule has 1 amide bonds. The van der Waals surface area contributed by atoms with Crippen molar-refractivity contribution in [2.24, 2.45) is 0 Å². The highest BCUT2D eigenvalue weighted by molar-refractivity contribution is 6.00. The molecule has 134 valence electrons. The molecule has 0 aliphatic heterocycles. The fourth-order valence-corrected chi connectivity index (χ4v) is 3.06. The molecule has 0 aliphatic rings. The lowest BCUT2D eigenvalue weighted by molar-refractivity contribution is 0.0954. The molecule has 0 unspecified atom stereocenters. The van der Waals surface area contributed by atoms with Crippen molar-refractivity contribution in [1.82, 2.24) is 10.5 Å². The molecule has 0 fully saturated rings. The van der Waals surface area contributed by atoms with E-state index in [1.54, 1.807) is 6.07 Å². The van der Waals surface area contributed by atoms with E-state index in [2.05, 4.69) is 41.7 Å². The number of aromatic nitrogens is 1. The summed E-state index contributed by atoms with van der Waals surface area (Å²) in [6, 6.07) is 23.6. The number of nitrogens with zero attached hydrogens (tertiary/aromatic N) is 1. The van der Waals surface area contributed by atoms with Crippen molar-refractivity contribution < 1.29 is 9.32 Å². The van der Waals surface area contributed by atoms with Crippen molar-refractivity contribution in [3.8, 4) is 11.3 Å². The van der Waals surface area contributed by atoms with Crippen molar-refractivity contribution in [2.45, 2.75) is 13.3 Å². The molecule has 4 rings (SSSR count). The number of hydrogen-bond acceptors (Lipinski definition) is 3. The second kappa shape index (κ2) is 7.46. The summed E-state index contributed by atoms with van der Waals surface area (Å²) in [5.41, 5.74) is 4.73. The van der Waals surface area contributed by atoms with Crippen LogP contribution >= 0.6 is 0 Å². The number of aryl methyl sites for hydroxylation is 1. The van der Waals surface area contributed by atoms with Gasteiger partial charge in [-0.2, -0.15) is 0 Å². The zero-order valence-electron chi connectivity index (χ0n) is 15.1. The summed E-state index contributed by atoms with van der Waals surface area (Å²) in [7, 11) is 0. The summed E-state index contributed by atoms with van der Waals surface area (Å²) in [6.45, 7) is 2.66. The van der Waals surface area contributed by atoms with Crippen LogP contribution in [0.15, 0.2) is 77.3 Å². The molecule has 0 aliphatic carbocycles. The topological polar surface area (TPSA) is 55.1 Å². The van der Waals surface area contributed by atoms with Gasteiger partial charge in [0, 0.05) is 17.7 Å². The van der Waals surface area contributed by atoms with Gasteiger partial charge in [0.25, 0.3) is 5.91 Å². The summed E-state index contributed by atoms with van der Waals surface area (Å²) < 4.78 is 5.50. The Morgan fingerprint density at radius 3 is 2.56 bits per heavy atom. The van der Waals surface area contributed by atoms with E-state index in [-0.39, 0.29) is 5.91 Å². The summed E-state index contributed by atoms with van der Waals surface area (Å²) in [6.07, 6.45) is 0.802. The molecule has 1 aromatic heterocycles. The van der Waals surface area contributed by atoms with Crippen molar-refractivity contribution in [3.63, 3.8) is 0 Å². The summed E-state index contributed by atoms with van der Waals surface area (Å²) >= 11 is 0. The first-order valence-corrected chi connectivity index (χ1v) is 8.99. The molecule has 0 radical (unpaired) electrons. The van der Waals surface area contributed by atoms with Gasteiger partial charge in [-0.05, 0) is 37.1 Å². The molecule has 0 bridgehead atoms. The first-order valence-electron chi connectivity index (χ1n) is 8.99. The number of rotatable bonds is 5. The van der Waals surface area contributed by atoms with Crippen molar-refractivity contribution in [2.75, 3.05) is 6.54 Å². The third-order valence-electron chi connectivity index (χ3n) is 4.59. The van der Waals surface area contributed by atoms with E-state index >= 15 is 0 Å². The summed E-state index contributed by atoms with van der Waals surface area (Å²) in [5.74, 6) is 0.587. The number of carbonyl (C=O) groups is 1. The highest BCUT2D eigenvalue weighted by Crippen LogP contribution is 2.29. The predicted molar refractivity (Wildman–Crippen MR) is 107 cm³/mol. The highest BCUT2D eigenvalue weighted by Gasteiger charge is 2.13. The second-order valence-electron chi connectivity index (χ2n) is 6.60. The van der Waals surface area contributed by atoms with Gasteiger partial charge in [0.05, 0.1) is 5.39 Å². The predicted octanol–water partition coefficient (Wildman–Crippen LogP) is 4.78. The van der Waals surface area contributed by atoms with Gasteiger partial charge in [0.1, 0.15) is 5.52 Å². The summed E-state index contributed by atoms with van der Waals surface area (Å²) in [4.78, 5) is 12.5. The Hall–Kier alpha value is -3.40. The molecule has 0 saturated heterocycles. The van der Waals surface area contributed by atoms with E-state index in [0.717, 1.165) is 22.9 Å². The zero-order valence-corrected chi connectivity index (χ0v) is 15.1. The van der Waals surface area contributed by atoms with Crippen LogP contribution in [0.4, 0.5) is 0 Å². The standard InChI is InChI=1S/C23H20N2O2/c1-16-7-9-17(10-8-16)13-14-24-23(26)19-11-12-21-20(15-19)22(27-25-21)18-5-3-2-4-6-18/h2-12,15H,13-14H2,1H3,(H,24,26). The van der Waals surface area contributed by atoms with Gasteiger partial charge in [-0.25, -0.2) is 0 Å². The Kier molecular flexibility index (Phi) is 4.71. The molecular weight excluding hydrogens is 336 g/mol. The number of carbonyl (C=O) groups excluding carboxylic acids is 1. The first-order chi connectivity index (χ1) is 13.2. The van der Waals surface area contributed by atoms with Crippen LogP contribution in [0.25, 0.3) is 22.2 Å². The molecule has 4 heteroatoms. The molecule has 4 aromatic rings. The van der Waals surface area contributed by atoms with Gasteiger partial charge >= 0.3 is 0 Å². The molecule has 4 nitrogen and oxygen atoms in total. The van der Waals surface area contributed by atoms with Crippen LogP contribution in [-0.4, -0.2) is 17.6 Å². The molecule has 1 heterocycles. The number of amides is 1. The molecule has 27 heavy (non-hydrogen) atoms. The van der Waals surface area contributed by atoms with Gasteiger partial charge in [-0.3, -0.25) is 4.79 Å². The van der Waals surface area contributed by atoms with Crippen LogP contribution in [0.1, 0.15) is 21.5 Å². The minimum Gasteiger partial charge on any atom is -0.355 e. The number of nitrogens with one attached hydrogen (secondary N) is 1. The average Bonchev–Trinajstić information content (AvgIpc) is 3.13. The van der Waals surface area contributed by atoms with Gasteiger partial charge in [0.2, 0.25) is 0 Å². The van der Waals surface area contributed by atoms with Gasteiger partial charge in [0.15, 0.2) is 5.76 Å². The Morgan fingerprint density at radius 2 is 1.78 bits per heavy atom. The van der Waals surface area contributed by atoms with Crippen LogP contribution in [-0.2, 0) is 6.42 Å². The third-order valence-corrected chi connectivity index (χ3v) is 4.59. The first kappa shape index (κ1) is 17.0. The van der Waals surface area contributed by atoms with Crippen molar-refractivity contribution in [3.05, 3.63) is 89.5 Å². The van der Waals surface area contributed by atoms with Crippen LogP contribution in [0.3, 0.4) is 0 Å². The van der Waals surface area contributed by atoms with Crippen molar-refractivity contribution in [1.29, 1.82) is 0 Å². The summed E-state index contributed by atoms with van der Waals surface area (Å²) in [5, 5.41) is 7.93. The molecule has 0 spiro atoms. The van der Waals surface area contributed by atoms with Gasteiger partial charge in [-0.15, -0.1) is 0 Å². The third kappa shape index (κ3) is 3.75. The molecular formula is C23H20N2O2. The fourth-order valence-electron chi connectivity index (χ4n) is 3.06. The Balaban J connectivity index is 1.49. The Morgan fingerprint density at radius 1 is 1.00 bits per heavy atom.